The predicted molar refractivity (Wildman–Crippen MR) is 60.5 cm³/mol. The third-order valence-corrected chi connectivity index (χ3v) is 3.24. The minimum absolute atomic E-state index is 0.255. The van der Waals surface area contributed by atoms with Gasteiger partial charge in [-0.3, -0.25) is 0 Å². The fourth-order valence-electron chi connectivity index (χ4n) is 2.19. The van der Waals surface area contributed by atoms with Crippen molar-refractivity contribution in [3.63, 3.8) is 0 Å². The molecule has 5 atom stereocenters. The summed E-state index contributed by atoms with van der Waals surface area (Å²) in [6.07, 6.45) is -1.27. The Bertz CT molecular complexity index is 397. The third kappa shape index (κ3) is 2.38. The van der Waals surface area contributed by atoms with Gasteiger partial charge >= 0.3 is 0 Å². The maximum absolute atomic E-state index is 9.84. The number of nitrogens with one attached hydrogen (secondary N) is 1. The molecule has 5 N–H and O–H groups in total. The molecule has 0 saturated carbocycles. The van der Waals surface area contributed by atoms with E-state index in [-0.39, 0.29) is 13.2 Å². The fourth-order valence-corrected chi connectivity index (χ4v) is 2.19. The molecular weight excluding hydrogens is 240 g/mol. The van der Waals surface area contributed by atoms with Gasteiger partial charge in [-0.05, 0) is 6.92 Å². The smallest absolute Gasteiger partial charge is 0.0990 e. The SMILES string of the molecule is CC(O)c1cnnn1C[C@H]1N[C@H](CO)[C@@H](O)[C@@H]1O. The van der Waals surface area contributed by atoms with Crippen molar-refractivity contribution in [2.24, 2.45) is 0 Å². The highest BCUT2D eigenvalue weighted by Gasteiger charge is 2.40. The van der Waals surface area contributed by atoms with Crippen molar-refractivity contribution >= 4 is 0 Å². The van der Waals surface area contributed by atoms with Gasteiger partial charge in [-0.1, -0.05) is 5.21 Å². The molecule has 0 radical (unpaired) electrons. The summed E-state index contributed by atoms with van der Waals surface area (Å²) in [5.74, 6) is 0. The van der Waals surface area contributed by atoms with Gasteiger partial charge in [0.1, 0.15) is 0 Å². The summed E-state index contributed by atoms with van der Waals surface area (Å²) in [7, 11) is 0. The van der Waals surface area contributed by atoms with Crippen LogP contribution >= 0.6 is 0 Å². The van der Waals surface area contributed by atoms with Crippen molar-refractivity contribution in [3.05, 3.63) is 11.9 Å². The van der Waals surface area contributed by atoms with E-state index in [0.717, 1.165) is 0 Å². The molecule has 2 heterocycles. The molecular formula is C10H18N4O4. The summed E-state index contributed by atoms with van der Waals surface area (Å²) in [6.45, 7) is 1.60. The quantitative estimate of drug-likeness (QED) is 0.401. The van der Waals surface area contributed by atoms with Crippen molar-refractivity contribution in [3.8, 4) is 0 Å². The first-order valence-electron chi connectivity index (χ1n) is 5.84. The second-order valence-electron chi connectivity index (χ2n) is 4.56. The van der Waals surface area contributed by atoms with Crippen molar-refractivity contribution in [1.82, 2.24) is 20.3 Å². The zero-order valence-electron chi connectivity index (χ0n) is 10.0. The molecule has 0 amide bonds. The number of aliphatic hydroxyl groups is 4. The zero-order valence-corrected chi connectivity index (χ0v) is 10.0. The number of hydrogen-bond acceptors (Lipinski definition) is 7. The number of nitrogens with zero attached hydrogens (tertiary/aromatic N) is 3. The summed E-state index contributed by atoms with van der Waals surface area (Å²) < 4.78 is 1.47. The highest BCUT2D eigenvalue weighted by atomic mass is 16.3. The van der Waals surface area contributed by atoms with Crippen LogP contribution in [0.1, 0.15) is 18.7 Å². The lowest BCUT2D eigenvalue weighted by Crippen LogP contribution is -2.38. The molecule has 0 spiro atoms. The molecule has 0 aliphatic carbocycles. The highest BCUT2D eigenvalue weighted by molar-refractivity contribution is 5.02. The third-order valence-electron chi connectivity index (χ3n) is 3.24. The van der Waals surface area contributed by atoms with Gasteiger partial charge in [0.05, 0.1) is 55.4 Å². The van der Waals surface area contributed by atoms with Gasteiger partial charge in [0.25, 0.3) is 0 Å². The average molecular weight is 258 g/mol. The maximum Gasteiger partial charge on any atom is 0.0990 e. The van der Waals surface area contributed by atoms with Crippen molar-refractivity contribution in [1.29, 1.82) is 0 Å². The molecule has 1 saturated heterocycles. The van der Waals surface area contributed by atoms with E-state index >= 15 is 0 Å². The molecule has 8 heteroatoms. The lowest BCUT2D eigenvalue weighted by molar-refractivity contribution is 0.0172. The van der Waals surface area contributed by atoms with Crippen molar-refractivity contribution in [2.45, 2.75) is 43.9 Å². The van der Waals surface area contributed by atoms with Crippen LogP contribution in [0.25, 0.3) is 0 Å². The van der Waals surface area contributed by atoms with Crippen LogP contribution < -0.4 is 5.32 Å². The summed E-state index contributed by atoms with van der Waals surface area (Å²) in [6, 6.07) is -1.00. The monoisotopic (exact) mass is 258 g/mol. The van der Waals surface area contributed by atoms with Crippen LogP contribution in [0.4, 0.5) is 0 Å². The van der Waals surface area contributed by atoms with E-state index in [1.165, 1.54) is 10.9 Å². The minimum atomic E-state index is -1.02. The number of rotatable bonds is 4. The van der Waals surface area contributed by atoms with Crippen LogP contribution in [0.2, 0.25) is 0 Å². The fraction of sp³-hybridized carbons (Fsp3) is 0.800. The van der Waals surface area contributed by atoms with Gasteiger partial charge in [-0.25, -0.2) is 4.68 Å². The van der Waals surface area contributed by atoms with E-state index in [0.29, 0.717) is 5.69 Å². The molecule has 1 fully saturated rings. The predicted octanol–water partition coefficient (Wildman–Crippen LogP) is -2.61. The first-order valence-corrected chi connectivity index (χ1v) is 5.84. The van der Waals surface area contributed by atoms with Gasteiger partial charge in [-0.2, -0.15) is 0 Å². The highest BCUT2D eigenvalue weighted by Crippen LogP contribution is 2.17. The van der Waals surface area contributed by atoms with Crippen LogP contribution in [-0.2, 0) is 6.54 Å². The second kappa shape index (κ2) is 5.29. The lowest BCUT2D eigenvalue weighted by atomic mass is 10.1. The van der Waals surface area contributed by atoms with E-state index in [4.69, 9.17) is 5.11 Å². The van der Waals surface area contributed by atoms with Gasteiger partial charge in [0.2, 0.25) is 0 Å². The van der Waals surface area contributed by atoms with E-state index in [2.05, 4.69) is 15.6 Å². The van der Waals surface area contributed by atoms with E-state index in [1.807, 2.05) is 0 Å². The van der Waals surface area contributed by atoms with Crippen molar-refractivity contribution < 1.29 is 20.4 Å². The van der Waals surface area contributed by atoms with Crippen LogP contribution in [0.3, 0.4) is 0 Å². The Labute approximate surface area is 104 Å². The standard InChI is InChI=1S/C10H18N4O4/c1-5(16)8-2-11-13-14(8)3-6-9(17)10(18)7(4-15)12-6/h2,5-7,9-10,12,15-18H,3-4H2,1H3/t5?,6-,7-,9-,10-/m1/s1. The average Bonchev–Trinajstić information content (AvgIpc) is 2.89. The topological polar surface area (TPSA) is 124 Å². The molecule has 2 rings (SSSR count). The summed E-state index contributed by atoms with van der Waals surface area (Å²) in [5.41, 5.74) is 0.533. The molecule has 1 aromatic rings. The number of hydrogen-bond donors (Lipinski definition) is 5. The first kappa shape index (κ1) is 13.4. The van der Waals surface area contributed by atoms with Gasteiger partial charge < -0.3 is 25.7 Å². The van der Waals surface area contributed by atoms with Gasteiger partial charge in [-0.15, -0.1) is 5.10 Å². The van der Waals surface area contributed by atoms with E-state index in [9.17, 15) is 15.3 Å². The molecule has 18 heavy (non-hydrogen) atoms. The Morgan fingerprint density at radius 3 is 2.61 bits per heavy atom. The van der Waals surface area contributed by atoms with Crippen molar-refractivity contribution in [2.75, 3.05) is 6.61 Å². The largest absolute Gasteiger partial charge is 0.395 e. The van der Waals surface area contributed by atoms with Gasteiger partial charge in [0.15, 0.2) is 0 Å². The number of aliphatic hydroxyl groups excluding tert-OH is 4. The van der Waals surface area contributed by atoms with Crippen LogP contribution in [0.15, 0.2) is 6.20 Å². The zero-order chi connectivity index (χ0) is 13.3. The lowest BCUT2D eigenvalue weighted by Gasteiger charge is -2.17. The van der Waals surface area contributed by atoms with E-state index in [1.54, 1.807) is 6.92 Å². The molecule has 102 valence electrons. The Kier molecular flexibility index (Phi) is 3.93. The Morgan fingerprint density at radius 1 is 1.39 bits per heavy atom. The Hall–Kier alpha value is -1.06. The summed E-state index contributed by atoms with van der Waals surface area (Å²) in [5, 5.41) is 48.5. The van der Waals surface area contributed by atoms with Crippen LogP contribution in [0.5, 0.6) is 0 Å². The second-order valence-corrected chi connectivity index (χ2v) is 4.56. The summed E-state index contributed by atoms with van der Waals surface area (Å²) >= 11 is 0. The Morgan fingerprint density at radius 2 is 2.06 bits per heavy atom. The number of aromatic nitrogens is 3. The maximum atomic E-state index is 9.84. The molecule has 1 aliphatic heterocycles. The molecule has 1 aliphatic rings. The molecule has 1 unspecified atom stereocenters. The molecule has 0 bridgehead atoms. The molecule has 8 nitrogen and oxygen atoms in total. The minimum Gasteiger partial charge on any atom is -0.395 e. The normalized spacial score (nSPS) is 33.8. The molecule has 1 aromatic heterocycles. The van der Waals surface area contributed by atoms with E-state index < -0.39 is 30.4 Å². The van der Waals surface area contributed by atoms with Gasteiger partial charge in [0, 0.05) is 0 Å². The van der Waals surface area contributed by atoms with Crippen LogP contribution in [-0.4, -0.2) is 66.3 Å². The Balaban J connectivity index is 2.08. The summed E-state index contributed by atoms with van der Waals surface area (Å²) in [4.78, 5) is 0. The molecule has 0 aromatic carbocycles. The first-order chi connectivity index (χ1) is 8.54. The van der Waals surface area contributed by atoms with Crippen LogP contribution in [0, 0.1) is 0 Å².